The predicted octanol–water partition coefficient (Wildman–Crippen LogP) is 3.54. The van der Waals surface area contributed by atoms with Crippen molar-refractivity contribution in [3.05, 3.63) is 54.1 Å². The van der Waals surface area contributed by atoms with Gasteiger partial charge in [0.2, 0.25) is 0 Å². The van der Waals surface area contributed by atoms with Gasteiger partial charge in [-0.1, -0.05) is 30.0 Å². The molecule has 0 saturated heterocycles. The number of aromatic carboxylic acids is 1. The Kier molecular flexibility index (Phi) is 3.89. The van der Waals surface area contributed by atoms with Crippen LogP contribution in [0.1, 0.15) is 10.4 Å². The summed E-state index contributed by atoms with van der Waals surface area (Å²) in [5, 5.41) is 8.94. The van der Waals surface area contributed by atoms with Crippen molar-refractivity contribution in [2.45, 2.75) is 9.79 Å². The quantitative estimate of drug-likeness (QED) is 0.913. The van der Waals surface area contributed by atoms with E-state index in [-0.39, 0.29) is 5.56 Å². The molecule has 0 bridgehead atoms. The Morgan fingerprint density at radius 2 is 1.94 bits per heavy atom. The van der Waals surface area contributed by atoms with Gasteiger partial charge in [0, 0.05) is 4.90 Å². The first-order valence-corrected chi connectivity index (χ1v) is 6.16. The van der Waals surface area contributed by atoms with Crippen LogP contribution in [0.15, 0.2) is 58.3 Å². The molecule has 0 spiro atoms. The van der Waals surface area contributed by atoms with E-state index in [2.05, 4.69) is 0 Å². The number of methoxy groups -OCH3 is 1. The van der Waals surface area contributed by atoms with E-state index in [1.54, 1.807) is 25.3 Å². The van der Waals surface area contributed by atoms with E-state index in [4.69, 9.17) is 9.84 Å². The van der Waals surface area contributed by atoms with Crippen molar-refractivity contribution in [1.29, 1.82) is 0 Å². The molecule has 4 heteroatoms. The maximum absolute atomic E-state index is 10.9. The zero-order valence-electron chi connectivity index (χ0n) is 9.79. The molecule has 0 aromatic heterocycles. The summed E-state index contributed by atoms with van der Waals surface area (Å²) in [6.07, 6.45) is 0. The Labute approximate surface area is 109 Å². The van der Waals surface area contributed by atoms with E-state index in [0.29, 0.717) is 0 Å². The van der Waals surface area contributed by atoms with Crippen LogP contribution >= 0.6 is 11.8 Å². The summed E-state index contributed by atoms with van der Waals surface area (Å²) >= 11 is 1.48. The molecule has 3 nitrogen and oxygen atoms in total. The van der Waals surface area contributed by atoms with E-state index in [0.717, 1.165) is 15.5 Å². The molecule has 18 heavy (non-hydrogen) atoms. The lowest BCUT2D eigenvalue weighted by Gasteiger charge is -2.07. The molecule has 0 saturated carbocycles. The number of carbonyl (C=O) groups is 1. The minimum Gasteiger partial charge on any atom is -0.496 e. The van der Waals surface area contributed by atoms with Crippen molar-refractivity contribution in [2.24, 2.45) is 0 Å². The standard InChI is InChI=1S/C14H12O3S/c1-17-12-7-2-3-8-13(12)18-11-6-4-5-10(9-11)14(15)16/h2-9H,1H3,(H,15,16). The highest BCUT2D eigenvalue weighted by atomic mass is 32.2. The van der Waals surface area contributed by atoms with Crippen molar-refractivity contribution in [2.75, 3.05) is 7.11 Å². The summed E-state index contributed by atoms with van der Waals surface area (Å²) in [4.78, 5) is 12.7. The monoisotopic (exact) mass is 260 g/mol. The molecule has 0 heterocycles. The van der Waals surface area contributed by atoms with Gasteiger partial charge in [-0.3, -0.25) is 0 Å². The third-order valence-electron chi connectivity index (χ3n) is 2.38. The van der Waals surface area contributed by atoms with E-state index < -0.39 is 5.97 Å². The molecule has 0 aliphatic rings. The molecule has 0 aliphatic heterocycles. The number of hydrogen-bond acceptors (Lipinski definition) is 3. The van der Waals surface area contributed by atoms with Gasteiger partial charge in [-0.25, -0.2) is 4.79 Å². The largest absolute Gasteiger partial charge is 0.496 e. The van der Waals surface area contributed by atoms with Crippen LogP contribution in [0, 0.1) is 0 Å². The van der Waals surface area contributed by atoms with Crippen molar-refractivity contribution in [1.82, 2.24) is 0 Å². The fourth-order valence-electron chi connectivity index (χ4n) is 1.52. The molecular formula is C14H12O3S. The van der Waals surface area contributed by atoms with Crippen molar-refractivity contribution in [3.8, 4) is 5.75 Å². The molecule has 2 aromatic rings. The molecular weight excluding hydrogens is 248 g/mol. The van der Waals surface area contributed by atoms with Crippen LogP contribution in [-0.2, 0) is 0 Å². The third-order valence-corrected chi connectivity index (χ3v) is 3.42. The fraction of sp³-hybridized carbons (Fsp3) is 0.0714. The van der Waals surface area contributed by atoms with E-state index in [9.17, 15) is 4.79 Å². The van der Waals surface area contributed by atoms with Crippen LogP contribution in [0.4, 0.5) is 0 Å². The topological polar surface area (TPSA) is 46.5 Å². The number of para-hydroxylation sites is 1. The highest BCUT2D eigenvalue weighted by Crippen LogP contribution is 2.34. The van der Waals surface area contributed by atoms with Crippen LogP contribution in [0.2, 0.25) is 0 Å². The maximum atomic E-state index is 10.9. The number of carboxylic acids is 1. The predicted molar refractivity (Wildman–Crippen MR) is 70.5 cm³/mol. The maximum Gasteiger partial charge on any atom is 0.335 e. The van der Waals surface area contributed by atoms with Gasteiger partial charge in [0.1, 0.15) is 5.75 Å². The highest BCUT2D eigenvalue weighted by Gasteiger charge is 2.07. The normalized spacial score (nSPS) is 10.1. The minimum absolute atomic E-state index is 0.287. The highest BCUT2D eigenvalue weighted by molar-refractivity contribution is 7.99. The minimum atomic E-state index is -0.919. The summed E-state index contributed by atoms with van der Waals surface area (Å²) in [5.41, 5.74) is 0.287. The van der Waals surface area contributed by atoms with Crippen molar-refractivity contribution >= 4 is 17.7 Å². The summed E-state index contributed by atoms with van der Waals surface area (Å²) in [6.45, 7) is 0. The number of benzene rings is 2. The molecule has 2 aromatic carbocycles. The molecule has 0 fully saturated rings. The van der Waals surface area contributed by atoms with Crippen LogP contribution < -0.4 is 4.74 Å². The van der Waals surface area contributed by atoms with Gasteiger partial charge in [0.05, 0.1) is 17.6 Å². The smallest absolute Gasteiger partial charge is 0.335 e. The fourth-order valence-corrected chi connectivity index (χ4v) is 2.51. The Bertz CT molecular complexity index is 566. The average molecular weight is 260 g/mol. The average Bonchev–Trinajstić information content (AvgIpc) is 2.39. The van der Waals surface area contributed by atoms with Gasteiger partial charge in [-0.15, -0.1) is 0 Å². The van der Waals surface area contributed by atoms with E-state index >= 15 is 0 Å². The summed E-state index contributed by atoms with van der Waals surface area (Å²) < 4.78 is 5.26. The number of ether oxygens (including phenoxy) is 1. The van der Waals surface area contributed by atoms with Gasteiger partial charge >= 0.3 is 5.97 Å². The first-order valence-electron chi connectivity index (χ1n) is 5.35. The van der Waals surface area contributed by atoms with Gasteiger partial charge in [0.25, 0.3) is 0 Å². The van der Waals surface area contributed by atoms with Gasteiger partial charge in [0.15, 0.2) is 0 Å². The summed E-state index contributed by atoms with van der Waals surface area (Å²) in [6, 6.07) is 14.5. The number of hydrogen-bond donors (Lipinski definition) is 1. The van der Waals surface area contributed by atoms with Gasteiger partial charge in [-0.2, -0.15) is 0 Å². The van der Waals surface area contributed by atoms with Crippen LogP contribution in [0.25, 0.3) is 0 Å². The number of carboxylic acid groups (broad SMARTS) is 1. The Balaban J connectivity index is 2.28. The lowest BCUT2D eigenvalue weighted by molar-refractivity contribution is 0.0696. The second kappa shape index (κ2) is 5.60. The second-order valence-electron chi connectivity index (χ2n) is 3.59. The summed E-state index contributed by atoms with van der Waals surface area (Å²) in [7, 11) is 1.62. The lowest BCUT2D eigenvalue weighted by Crippen LogP contribution is -1.95. The van der Waals surface area contributed by atoms with Crippen LogP contribution in [-0.4, -0.2) is 18.2 Å². The molecule has 1 N–H and O–H groups in total. The van der Waals surface area contributed by atoms with Gasteiger partial charge < -0.3 is 9.84 Å². The Morgan fingerprint density at radius 1 is 1.17 bits per heavy atom. The van der Waals surface area contributed by atoms with Crippen LogP contribution in [0.3, 0.4) is 0 Å². The Hall–Kier alpha value is -1.94. The zero-order chi connectivity index (χ0) is 13.0. The number of rotatable bonds is 4. The summed E-state index contributed by atoms with van der Waals surface area (Å²) in [5.74, 6) is -0.138. The second-order valence-corrected chi connectivity index (χ2v) is 4.70. The first kappa shape index (κ1) is 12.5. The van der Waals surface area contributed by atoms with E-state index in [1.165, 1.54) is 11.8 Å². The molecule has 0 unspecified atom stereocenters. The molecule has 0 atom stereocenters. The molecule has 92 valence electrons. The SMILES string of the molecule is COc1ccccc1Sc1cccc(C(=O)O)c1. The van der Waals surface area contributed by atoms with E-state index in [1.807, 2.05) is 30.3 Å². The Morgan fingerprint density at radius 3 is 2.67 bits per heavy atom. The lowest BCUT2D eigenvalue weighted by atomic mass is 10.2. The molecule has 0 aliphatic carbocycles. The zero-order valence-corrected chi connectivity index (χ0v) is 10.6. The van der Waals surface area contributed by atoms with Crippen LogP contribution in [0.5, 0.6) is 5.75 Å². The van der Waals surface area contributed by atoms with Crippen molar-refractivity contribution < 1.29 is 14.6 Å². The van der Waals surface area contributed by atoms with Crippen molar-refractivity contribution in [3.63, 3.8) is 0 Å². The molecule has 2 rings (SSSR count). The third kappa shape index (κ3) is 2.84. The first-order chi connectivity index (χ1) is 8.70. The molecule has 0 amide bonds. The van der Waals surface area contributed by atoms with Gasteiger partial charge in [-0.05, 0) is 30.3 Å². The molecule has 0 radical (unpaired) electrons.